The molecule has 3 saturated carbocycles. The lowest BCUT2D eigenvalue weighted by molar-refractivity contribution is -0.141. The molecule has 0 aromatic rings. The molecule has 0 spiro atoms. The minimum atomic E-state index is -1.11. The van der Waals surface area contributed by atoms with Gasteiger partial charge in [-0.25, -0.2) is 4.39 Å². The quantitative estimate of drug-likeness (QED) is 0.671. The van der Waals surface area contributed by atoms with Crippen LogP contribution in [0.1, 0.15) is 58.8 Å². The number of rotatable bonds is 0. The fraction of sp³-hybridized carbons (Fsp3) is 0.895. The van der Waals surface area contributed by atoms with Gasteiger partial charge in [-0.1, -0.05) is 25.5 Å². The van der Waals surface area contributed by atoms with Gasteiger partial charge in [0, 0.05) is 5.41 Å². The van der Waals surface area contributed by atoms with Crippen LogP contribution in [0.4, 0.5) is 4.39 Å². The first-order valence-electron chi connectivity index (χ1n) is 9.07. The average molecular weight is 308 g/mol. The summed E-state index contributed by atoms with van der Waals surface area (Å²) >= 11 is 0. The molecule has 2 nitrogen and oxygen atoms in total. The average Bonchev–Trinajstić information content (AvgIpc) is 2.70. The monoisotopic (exact) mass is 308 g/mol. The smallest absolute Gasteiger partial charge is 0.127 e. The Balaban J connectivity index is 1.74. The summed E-state index contributed by atoms with van der Waals surface area (Å²) in [5, 5.41) is 21.3. The summed E-state index contributed by atoms with van der Waals surface area (Å²) < 4.78 is 14.2. The Hall–Kier alpha value is -0.410. The summed E-state index contributed by atoms with van der Waals surface area (Å²) in [5.41, 5.74) is 1.20. The van der Waals surface area contributed by atoms with Gasteiger partial charge in [0.05, 0.1) is 12.2 Å². The van der Waals surface area contributed by atoms with E-state index >= 15 is 0 Å². The van der Waals surface area contributed by atoms with Gasteiger partial charge in [-0.3, -0.25) is 0 Å². The number of aliphatic hydroxyl groups is 2. The van der Waals surface area contributed by atoms with Gasteiger partial charge in [-0.05, 0) is 68.1 Å². The highest BCUT2D eigenvalue weighted by Crippen LogP contribution is 2.65. The van der Waals surface area contributed by atoms with Crippen molar-refractivity contribution in [1.82, 2.24) is 0 Å². The summed E-state index contributed by atoms with van der Waals surface area (Å²) in [7, 11) is 0. The van der Waals surface area contributed by atoms with E-state index in [4.69, 9.17) is 0 Å². The van der Waals surface area contributed by atoms with E-state index in [0.717, 1.165) is 19.3 Å². The van der Waals surface area contributed by atoms with Crippen molar-refractivity contribution in [2.24, 2.45) is 28.6 Å². The molecule has 0 heterocycles. The Morgan fingerprint density at radius 1 is 1.27 bits per heavy atom. The molecule has 0 radical (unpaired) electrons. The first-order chi connectivity index (χ1) is 10.4. The van der Waals surface area contributed by atoms with Crippen LogP contribution in [0.15, 0.2) is 11.6 Å². The molecule has 4 rings (SSSR count). The van der Waals surface area contributed by atoms with Crippen molar-refractivity contribution in [2.75, 3.05) is 0 Å². The molecular formula is C19H29FO2. The fourth-order valence-electron chi connectivity index (χ4n) is 6.83. The lowest BCUT2D eigenvalue weighted by atomic mass is 9.46. The predicted octanol–water partition coefficient (Wildman–Crippen LogP) is 3.62. The molecule has 4 aliphatic rings. The van der Waals surface area contributed by atoms with Gasteiger partial charge in [-0.15, -0.1) is 0 Å². The number of fused-ring (bicyclic) bond motifs is 5. The maximum Gasteiger partial charge on any atom is 0.127 e. The molecule has 0 aromatic heterocycles. The van der Waals surface area contributed by atoms with Gasteiger partial charge >= 0.3 is 0 Å². The molecule has 4 aliphatic carbocycles. The molecule has 3 fully saturated rings. The highest BCUT2D eigenvalue weighted by Gasteiger charge is 2.63. The molecule has 3 unspecified atom stereocenters. The van der Waals surface area contributed by atoms with Gasteiger partial charge in [0.15, 0.2) is 0 Å². The first kappa shape index (κ1) is 15.1. The number of hydrogen-bond acceptors (Lipinski definition) is 2. The van der Waals surface area contributed by atoms with Crippen molar-refractivity contribution in [3.63, 3.8) is 0 Å². The Kier molecular flexibility index (Phi) is 3.30. The third-order valence-corrected chi connectivity index (χ3v) is 7.89. The van der Waals surface area contributed by atoms with E-state index in [2.05, 4.69) is 13.0 Å². The van der Waals surface area contributed by atoms with E-state index in [0.29, 0.717) is 18.8 Å². The van der Waals surface area contributed by atoms with Crippen LogP contribution < -0.4 is 0 Å². The highest BCUT2D eigenvalue weighted by atomic mass is 19.1. The van der Waals surface area contributed by atoms with Crippen LogP contribution in [-0.4, -0.2) is 28.6 Å². The molecule has 0 amide bonds. The van der Waals surface area contributed by atoms with Crippen molar-refractivity contribution in [3.8, 4) is 0 Å². The van der Waals surface area contributed by atoms with E-state index in [1.54, 1.807) is 0 Å². The summed E-state index contributed by atoms with van der Waals surface area (Å²) in [6, 6.07) is 0. The van der Waals surface area contributed by atoms with E-state index in [9.17, 15) is 14.6 Å². The van der Waals surface area contributed by atoms with Crippen molar-refractivity contribution in [2.45, 2.75) is 77.2 Å². The Morgan fingerprint density at radius 3 is 2.82 bits per heavy atom. The van der Waals surface area contributed by atoms with E-state index in [-0.39, 0.29) is 17.3 Å². The van der Waals surface area contributed by atoms with Crippen LogP contribution >= 0.6 is 0 Å². The number of alkyl halides is 1. The zero-order valence-electron chi connectivity index (χ0n) is 13.8. The molecule has 2 N–H and O–H groups in total. The summed E-state index contributed by atoms with van der Waals surface area (Å²) in [6.45, 7) is 4.34. The largest absolute Gasteiger partial charge is 0.393 e. The lowest BCUT2D eigenvalue weighted by Gasteiger charge is -2.59. The normalized spacial score (nSPS) is 57.6. The summed E-state index contributed by atoms with van der Waals surface area (Å²) in [4.78, 5) is 0. The Bertz CT molecular complexity index is 504. The first-order valence-corrected chi connectivity index (χ1v) is 9.07. The van der Waals surface area contributed by atoms with Gasteiger partial charge in [0.25, 0.3) is 0 Å². The molecular weight excluding hydrogens is 279 g/mol. The molecule has 8 atom stereocenters. The molecule has 0 saturated heterocycles. The topological polar surface area (TPSA) is 40.5 Å². The van der Waals surface area contributed by atoms with Gasteiger partial charge < -0.3 is 10.2 Å². The second-order valence-electron chi connectivity index (χ2n) is 8.85. The highest BCUT2D eigenvalue weighted by molar-refractivity contribution is 5.25. The van der Waals surface area contributed by atoms with Crippen LogP contribution in [0, 0.1) is 28.6 Å². The van der Waals surface area contributed by atoms with Crippen LogP contribution in [-0.2, 0) is 0 Å². The van der Waals surface area contributed by atoms with Gasteiger partial charge in [0.2, 0.25) is 0 Å². The fourth-order valence-corrected chi connectivity index (χ4v) is 6.83. The molecule has 0 aliphatic heterocycles. The predicted molar refractivity (Wildman–Crippen MR) is 84.0 cm³/mol. The summed E-state index contributed by atoms with van der Waals surface area (Å²) in [5.74, 6) is 0.846. The van der Waals surface area contributed by atoms with Crippen LogP contribution in [0.25, 0.3) is 0 Å². The number of aliphatic hydroxyl groups excluding tert-OH is 2. The van der Waals surface area contributed by atoms with E-state index in [1.165, 1.54) is 18.4 Å². The van der Waals surface area contributed by atoms with Crippen molar-refractivity contribution < 1.29 is 14.6 Å². The molecule has 0 bridgehead atoms. The van der Waals surface area contributed by atoms with Crippen molar-refractivity contribution in [3.05, 3.63) is 11.6 Å². The second-order valence-corrected chi connectivity index (χ2v) is 8.85. The maximum absolute atomic E-state index is 14.2. The molecule has 22 heavy (non-hydrogen) atoms. The number of hydrogen-bond donors (Lipinski definition) is 2. The van der Waals surface area contributed by atoms with E-state index in [1.807, 2.05) is 6.92 Å². The van der Waals surface area contributed by atoms with Crippen LogP contribution in [0.5, 0.6) is 0 Å². The van der Waals surface area contributed by atoms with Gasteiger partial charge in [0.1, 0.15) is 6.17 Å². The zero-order chi connectivity index (χ0) is 15.7. The molecule has 0 aromatic carbocycles. The zero-order valence-corrected chi connectivity index (χ0v) is 13.8. The maximum atomic E-state index is 14.2. The minimum absolute atomic E-state index is 0.0985. The summed E-state index contributed by atoms with van der Waals surface area (Å²) in [6.07, 6.45) is 6.72. The third kappa shape index (κ3) is 1.78. The molecule has 3 heteroatoms. The standard InChI is InChI=1S/C19H29FO2/c1-18-8-4-3-5-11(18)6-7-12-13-9-14(20)17(22)19(13,2)10-15(21)16(12)18/h5,12-17,21-22H,3-4,6-10H2,1-2H3/t12-,13-,14?,15?,16-,17?,18-,19-/m0/s1. The Morgan fingerprint density at radius 2 is 2.05 bits per heavy atom. The van der Waals surface area contributed by atoms with Crippen molar-refractivity contribution >= 4 is 0 Å². The molecule has 124 valence electrons. The van der Waals surface area contributed by atoms with E-state index < -0.39 is 23.8 Å². The Labute approximate surface area is 132 Å². The third-order valence-electron chi connectivity index (χ3n) is 7.89. The van der Waals surface area contributed by atoms with Crippen LogP contribution in [0.3, 0.4) is 0 Å². The number of halogens is 1. The minimum Gasteiger partial charge on any atom is -0.393 e. The lowest BCUT2D eigenvalue weighted by Crippen LogP contribution is -2.57. The SMILES string of the molecule is C[C@]12CCCC=C1CC[C@@H]1[C@H]2C(O)C[C@]2(C)C(O)C(F)C[C@@H]12. The second kappa shape index (κ2) is 4.80. The van der Waals surface area contributed by atoms with Gasteiger partial charge in [-0.2, -0.15) is 0 Å². The number of allylic oxidation sites excluding steroid dienone is 2. The van der Waals surface area contributed by atoms with Crippen molar-refractivity contribution in [1.29, 1.82) is 0 Å². The van der Waals surface area contributed by atoms with Crippen LogP contribution in [0.2, 0.25) is 0 Å².